The van der Waals surface area contributed by atoms with Crippen molar-refractivity contribution in [3.63, 3.8) is 0 Å². The lowest BCUT2D eigenvalue weighted by Gasteiger charge is -2.18. The Morgan fingerprint density at radius 3 is 2.37 bits per heavy atom. The summed E-state index contributed by atoms with van der Waals surface area (Å²) in [5, 5.41) is 11.9. The maximum atomic E-state index is 11.8. The van der Waals surface area contributed by atoms with Crippen molar-refractivity contribution in [3.05, 3.63) is 28.2 Å². The van der Waals surface area contributed by atoms with Gasteiger partial charge in [-0.3, -0.25) is 4.79 Å². The number of benzene rings is 1. The predicted octanol–water partition coefficient (Wildman–Crippen LogP) is 2.55. The first-order chi connectivity index (χ1) is 8.92. The van der Waals surface area contributed by atoms with Crippen LogP contribution in [0.3, 0.4) is 0 Å². The van der Waals surface area contributed by atoms with Crippen LogP contribution >= 0.6 is 23.2 Å². The average molecular weight is 301 g/mol. The number of terminal acetylenes is 1. The van der Waals surface area contributed by atoms with Crippen molar-refractivity contribution in [2.45, 2.75) is 0 Å². The van der Waals surface area contributed by atoms with Crippen LogP contribution in [0.5, 0.6) is 0 Å². The Kier molecular flexibility index (Phi) is 5.49. The molecule has 0 fully saturated rings. The molecule has 0 aromatic heterocycles. The summed E-state index contributed by atoms with van der Waals surface area (Å²) in [5.41, 5.74) is 0.356. The molecule has 0 unspecified atom stereocenters. The number of carbonyl (C=O) groups is 2. The number of nitrogens with one attached hydrogen (secondary N) is 1. The van der Waals surface area contributed by atoms with Crippen LogP contribution in [0.1, 0.15) is 0 Å². The second-order valence-corrected chi connectivity index (χ2v) is 4.42. The van der Waals surface area contributed by atoms with E-state index in [0.29, 0.717) is 15.7 Å². The van der Waals surface area contributed by atoms with Gasteiger partial charge in [-0.15, -0.1) is 6.42 Å². The highest BCUT2D eigenvalue weighted by atomic mass is 35.5. The Labute approximate surface area is 120 Å². The zero-order valence-electron chi connectivity index (χ0n) is 9.69. The zero-order valence-corrected chi connectivity index (χ0v) is 11.2. The average Bonchev–Trinajstić information content (AvgIpc) is 2.26. The van der Waals surface area contributed by atoms with Gasteiger partial charge in [-0.25, -0.2) is 4.79 Å². The second-order valence-electron chi connectivity index (χ2n) is 3.54. The number of urea groups is 1. The number of carboxylic acids is 1. The Bertz CT molecular complexity index is 520. The van der Waals surface area contributed by atoms with E-state index >= 15 is 0 Å². The van der Waals surface area contributed by atoms with Crippen LogP contribution in [0.4, 0.5) is 10.5 Å². The lowest BCUT2D eigenvalue weighted by Crippen LogP contribution is -2.39. The molecule has 1 aromatic rings. The Balaban J connectivity index is 2.81. The quantitative estimate of drug-likeness (QED) is 0.840. The number of aliphatic carboxylic acids is 1. The van der Waals surface area contributed by atoms with Gasteiger partial charge in [0.05, 0.1) is 6.54 Å². The SMILES string of the molecule is C#CCN(CC(=O)O)C(=O)Nc1cc(Cl)cc(Cl)c1. The van der Waals surface area contributed by atoms with Gasteiger partial charge < -0.3 is 15.3 Å². The minimum Gasteiger partial charge on any atom is -0.480 e. The summed E-state index contributed by atoms with van der Waals surface area (Å²) in [6.45, 7) is -0.614. The molecular weight excluding hydrogens is 291 g/mol. The van der Waals surface area contributed by atoms with Crippen LogP contribution in [0.2, 0.25) is 10.0 Å². The van der Waals surface area contributed by atoms with E-state index in [2.05, 4.69) is 11.2 Å². The molecule has 0 saturated heterocycles. The Hall–Kier alpha value is -1.90. The van der Waals surface area contributed by atoms with Gasteiger partial charge in [-0.05, 0) is 18.2 Å². The monoisotopic (exact) mass is 300 g/mol. The number of hydrogen-bond donors (Lipinski definition) is 2. The molecule has 0 spiro atoms. The summed E-state index contributed by atoms with van der Waals surface area (Å²) in [6, 6.07) is 3.84. The van der Waals surface area contributed by atoms with E-state index < -0.39 is 18.5 Å². The summed E-state index contributed by atoms with van der Waals surface area (Å²) < 4.78 is 0. The van der Waals surface area contributed by atoms with Crippen LogP contribution in [0.25, 0.3) is 0 Å². The molecule has 1 rings (SSSR count). The fourth-order valence-corrected chi connectivity index (χ4v) is 1.83. The molecular formula is C12H10Cl2N2O3. The van der Waals surface area contributed by atoms with Crippen molar-refractivity contribution in [3.8, 4) is 12.3 Å². The molecule has 0 aliphatic rings. The molecule has 0 aliphatic carbocycles. The number of nitrogens with zero attached hydrogens (tertiary/aromatic N) is 1. The molecule has 7 heteroatoms. The largest absolute Gasteiger partial charge is 0.480 e. The number of carboxylic acid groups (broad SMARTS) is 1. The molecule has 0 heterocycles. The van der Waals surface area contributed by atoms with Crippen molar-refractivity contribution in [1.82, 2.24) is 4.90 Å². The molecule has 1 aromatic carbocycles. The van der Waals surface area contributed by atoms with E-state index in [1.165, 1.54) is 18.2 Å². The van der Waals surface area contributed by atoms with Gasteiger partial charge in [0.25, 0.3) is 0 Å². The molecule has 0 saturated carbocycles. The lowest BCUT2D eigenvalue weighted by atomic mass is 10.3. The topological polar surface area (TPSA) is 69.6 Å². The number of anilines is 1. The van der Waals surface area contributed by atoms with E-state index in [-0.39, 0.29) is 6.54 Å². The van der Waals surface area contributed by atoms with Gasteiger partial charge in [0, 0.05) is 15.7 Å². The van der Waals surface area contributed by atoms with Crippen LogP contribution in [-0.2, 0) is 4.79 Å². The standard InChI is InChI=1S/C12H10Cl2N2O3/c1-2-3-16(7-11(17)18)12(19)15-10-5-8(13)4-9(14)6-10/h1,4-6H,3,7H2,(H,15,19)(H,17,18). The fourth-order valence-electron chi connectivity index (χ4n) is 1.30. The van der Waals surface area contributed by atoms with Gasteiger partial charge in [-0.2, -0.15) is 0 Å². The summed E-state index contributed by atoms with van der Waals surface area (Å²) in [5.74, 6) is 1.05. The molecule has 100 valence electrons. The molecule has 19 heavy (non-hydrogen) atoms. The summed E-state index contributed by atoms with van der Waals surface area (Å²) in [4.78, 5) is 23.4. The maximum Gasteiger partial charge on any atom is 0.323 e. The fraction of sp³-hybridized carbons (Fsp3) is 0.167. The normalized spacial score (nSPS) is 9.53. The minimum atomic E-state index is -1.16. The third-order valence-corrected chi connectivity index (χ3v) is 2.45. The zero-order chi connectivity index (χ0) is 14.4. The second kappa shape index (κ2) is 6.88. The Morgan fingerprint density at radius 1 is 1.32 bits per heavy atom. The molecule has 0 aliphatic heterocycles. The van der Waals surface area contributed by atoms with Crippen LogP contribution in [-0.4, -0.2) is 35.1 Å². The molecule has 0 radical (unpaired) electrons. The number of carbonyl (C=O) groups excluding carboxylic acids is 1. The number of hydrogen-bond acceptors (Lipinski definition) is 2. The van der Waals surface area contributed by atoms with E-state index in [1.54, 1.807) is 0 Å². The summed E-state index contributed by atoms with van der Waals surface area (Å²) in [7, 11) is 0. The van der Waals surface area contributed by atoms with Crippen molar-refractivity contribution < 1.29 is 14.7 Å². The van der Waals surface area contributed by atoms with E-state index in [1.807, 2.05) is 0 Å². The molecule has 5 nitrogen and oxygen atoms in total. The van der Waals surface area contributed by atoms with Crippen LogP contribution in [0.15, 0.2) is 18.2 Å². The van der Waals surface area contributed by atoms with Crippen molar-refractivity contribution in [1.29, 1.82) is 0 Å². The molecule has 2 amide bonds. The van der Waals surface area contributed by atoms with Gasteiger partial charge in [-0.1, -0.05) is 29.1 Å². The van der Waals surface area contributed by atoms with Gasteiger partial charge in [0.15, 0.2) is 0 Å². The summed E-state index contributed by atoms with van der Waals surface area (Å²) in [6.07, 6.45) is 5.08. The number of amides is 2. The highest BCUT2D eigenvalue weighted by Crippen LogP contribution is 2.22. The van der Waals surface area contributed by atoms with Crippen molar-refractivity contribution >= 4 is 40.9 Å². The first-order valence-electron chi connectivity index (χ1n) is 5.09. The molecule has 2 N–H and O–H groups in total. The minimum absolute atomic E-state index is 0.119. The highest BCUT2D eigenvalue weighted by Gasteiger charge is 2.16. The van der Waals surface area contributed by atoms with E-state index in [9.17, 15) is 9.59 Å². The van der Waals surface area contributed by atoms with Crippen molar-refractivity contribution in [2.24, 2.45) is 0 Å². The Morgan fingerprint density at radius 2 is 1.89 bits per heavy atom. The van der Waals surface area contributed by atoms with Crippen LogP contribution < -0.4 is 5.32 Å². The highest BCUT2D eigenvalue weighted by molar-refractivity contribution is 6.35. The predicted molar refractivity (Wildman–Crippen MR) is 73.5 cm³/mol. The van der Waals surface area contributed by atoms with E-state index in [4.69, 9.17) is 34.7 Å². The number of rotatable bonds is 4. The van der Waals surface area contributed by atoms with Gasteiger partial charge in [0.2, 0.25) is 0 Å². The third-order valence-electron chi connectivity index (χ3n) is 2.01. The smallest absolute Gasteiger partial charge is 0.323 e. The van der Waals surface area contributed by atoms with Gasteiger partial charge in [0.1, 0.15) is 6.54 Å². The van der Waals surface area contributed by atoms with Crippen LogP contribution in [0, 0.1) is 12.3 Å². The first kappa shape index (κ1) is 15.2. The third kappa shape index (κ3) is 5.08. The summed E-state index contributed by atoms with van der Waals surface area (Å²) >= 11 is 11.6. The number of halogens is 2. The van der Waals surface area contributed by atoms with Crippen molar-refractivity contribution in [2.75, 3.05) is 18.4 Å². The van der Waals surface area contributed by atoms with E-state index in [0.717, 1.165) is 4.90 Å². The molecule has 0 bridgehead atoms. The maximum absolute atomic E-state index is 11.8. The molecule has 0 atom stereocenters. The lowest BCUT2D eigenvalue weighted by molar-refractivity contribution is -0.137. The first-order valence-corrected chi connectivity index (χ1v) is 5.85. The van der Waals surface area contributed by atoms with Gasteiger partial charge >= 0.3 is 12.0 Å².